The van der Waals surface area contributed by atoms with Crippen molar-refractivity contribution >= 4 is 65.6 Å². The Balaban J connectivity index is 0.000000225. The lowest BCUT2D eigenvalue weighted by Crippen LogP contribution is -2.10. The third kappa shape index (κ3) is 11.7. The van der Waals surface area contributed by atoms with Crippen LogP contribution in [0.25, 0.3) is 11.4 Å². The summed E-state index contributed by atoms with van der Waals surface area (Å²) >= 11 is 1.86. The van der Waals surface area contributed by atoms with Crippen LogP contribution in [0, 0.1) is 41.5 Å². The second kappa shape index (κ2) is 20.5. The van der Waals surface area contributed by atoms with E-state index in [-0.39, 0.29) is 49.3 Å². The normalized spacial score (nSPS) is 11.0. The van der Waals surface area contributed by atoms with Gasteiger partial charge in [0.1, 0.15) is 5.82 Å². The van der Waals surface area contributed by atoms with E-state index in [9.17, 15) is 51.0 Å². The fourth-order valence-electron chi connectivity index (χ4n) is 5.98. The zero-order chi connectivity index (χ0) is 47.8. The van der Waals surface area contributed by atoms with E-state index in [1.54, 1.807) is 18.5 Å². The second-order valence-corrected chi connectivity index (χ2v) is 18.7. The number of aromatic nitrogens is 4. The van der Waals surface area contributed by atoms with Gasteiger partial charge in [-0.3, -0.25) is 20.2 Å². The molecule has 22 heteroatoms. The summed E-state index contributed by atoms with van der Waals surface area (Å²) in [5.74, 6) is 3.12. The Bertz CT molecular complexity index is 3280. The van der Waals surface area contributed by atoms with Gasteiger partial charge in [0.05, 0.1) is 79.3 Å². The Labute approximate surface area is 388 Å². The first kappa shape index (κ1) is 47.8. The van der Waals surface area contributed by atoms with Crippen molar-refractivity contribution in [3.8, 4) is 23.2 Å². The number of rotatable bonds is 12. The number of benzene rings is 5. The van der Waals surface area contributed by atoms with E-state index >= 15 is 0 Å². The summed E-state index contributed by atoms with van der Waals surface area (Å²) in [6, 6.07) is 28.0. The number of sulfone groups is 2. The molecule has 336 valence electrons. The van der Waals surface area contributed by atoms with Crippen molar-refractivity contribution in [2.45, 2.75) is 21.3 Å². The molecule has 0 spiro atoms. The van der Waals surface area contributed by atoms with Crippen LogP contribution in [0.4, 0.5) is 15.8 Å². The molecule has 5 aromatic carbocycles. The number of nitro groups is 2. The molecule has 0 fully saturated rings. The van der Waals surface area contributed by atoms with Crippen LogP contribution in [0.1, 0.15) is 43.2 Å². The molecule has 7 rings (SSSR count). The zero-order valence-corrected chi connectivity index (χ0v) is 38.1. The fourth-order valence-corrected chi connectivity index (χ4v) is 10.2. The number of nitrogens with zero attached hydrogens (tertiary/aromatic N) is 6. The Morgan fingerprint density at radius 1 is 0.636 bits per heavy atom. The maximum Gasteiger partial charge on any atom is 0.337 e. The Morgan fingerprint density at radius 3 is 1.52 bits per heavy atom. The molecule has 0 bridgehead atoms. The van der Waals surface area contributed by atoms with Gasteiger partial charge < -0.3 is 9.47 Å². The highest BCUT2D eigenvalue weighted by Crippen LogP contribution is 2.26. The number of halogens is 2. The number of hydrogen-bond donors (Lipinski definition) is 0. The van der Waals surface area contributed by atoms with Gasteiger partial charge in [-0.15, -0.1) is 0 Å². The SMILES string of the molecule is COC(=O)c1ccc(S(=O)(=O)Cc2ccn(-c3ccc([N+](=O)[O-])cc3)n2)c(C#Cc2ccc(F)cc2)c1.COC(=O)c1ccc(S(=O)(=O)Cc2ccn(-c3ccc([N+](=O)[O-])cc3)n2)c(I)c1. The van der Waals surface area contributed by atoms with Gasteiger partial charge in [-0.25, -0.2) is 40.2 Å². The predicted octanol–water partition coefficient (Wildman–Crippen LogP) is 7.23. The van der Waals surface area contributed by atoms with Gasteiger partial charge in [0.25, 0.3) is 11.4 Å². The van der Waals surface area contributed by atoms with Crippen molar-refractivity contribution in [3.05, 3.63) is 197 Å². The van der Waals surface area contributed by atoms with Crippen molar-refractivity contribution in [2.75, 3.05) is 14.2 Å². The van der Waals surface area contributed by atoms with E-state index in [1.807, 2.05) is 22.6 Å². The predicted molar refractivity (Wildman–Crippen MR) is 243 cm³/mol. The van der Waals surface area contributed by atoms with Crippen LogP contribution in [0.2, 0.25) is 0 Å². The van der Waals surface area contributed by atoms with Crippen molar-refractivity contribution in [1.29, 1.82) is 0 Å². The molecule has 0 atom stereocenters. The van der Waals surface area contributed by atoms with Crippen molar-refractivity contribution in [1.82, 2.24) is 19.6 Å². The monoisotopic (exact) mass is 1050 g/mol. The maximum absolute atomic E-state index is 13.3. The quantitative estimate of drug-likeness (QED) is 0.0386. The average molecular weight is 1050 g/mol. The zero-order valence-electron chi connectivity index (χ0n) is 34.3. The topological polar surface area (TPSA) is 243 Å². The van der Waals surface area contributed by atoms with Crippen LogP contribution in [-0.4, -0.2) is 72.4 Å². The maximum atomic E-state index is 13.3. The van der Waals surface area contributed by atoms with Gasteiger partial charge in [-0.2, -0.15) is 10.2 Å². The molecule has 0 saturated carbocycles. The number of carbonyl (C=O) groups is 2. The lowest BCUT2D eigenvalue weighted by atomic mass is 10.1. The largest absolute Gasteiger partial charge is 0.465 e. The summed E-state index contributed by atoms with van der Waals surface area (Å²) in [5.41, 5.74) is 2.41. The number of esters is 2. The molecule has 2 heterocycles. The van der Waals surface area contributed by atoms with E-state index in [4.69, 9.17) is 4.74 Å². The summed E-state index contributed by atoms with van der Waals surface area (Å²) in [4.78, 5) is 44.2. The molecule has 0 aliphatic heterocycles. The van der Waals surface area contributed by atoms with Gasteiger partial charge in [0.2, 0.25) is 0 Å². The smallest absolute Gasteiger partial charge is 0.337 e. The number of ether oxygens (including phenoxy) is 2. The van der Waals surface area contributed by atoms with Crippen LogP contribution in [0.3, 0.4) is 0 Å². The third-order valence-corrected chi connectivity index (χ3v) is 13.9. The number of carbonyl (C=O) groups excluding carboxylic acids is 2. The van der Waals surface area contributed by atoms with Crippen molar-refractivity contribution in [3.63, 3.8) is 0 Å². The summed E-state index contributed by atoms with van der Waals surface area (Å²) in [6.45, 7) is 0. The minimum atomic E-state index is -3.97. The highest BCUT2D eigenvalue weighted by molar-refractivity contribution is 14.1. The highest BCUT2D eigenvalue weighted by atomic mass is 127. The van der Waals surface area contributed by atoms with Crippen LogP contribution >= 0.6 is 22.6 Å². The van der Waals surface area contributed by atoms with Crippen molar-refractivity contribution < 1.29 is 50.1 Å². The van der Waals surface area contributed by atoms with Gasteiger partial charge >= 0.3 is 11.9 Å². The lowest BCUT2D eigenvalue weighted by molar-refractivity contribution is -0.385. The van der Waals surface area contributed by atoms with Crippen LogP contribution < -0.4 is 0 Å². The molecule has 0 aliphatic rings. The molecule has 2 aromatic heterocycles. The molecule has 0 N–H and O–H groups in total. The first-order valence-corrected chi connectivity index (χ1v) is 23.2. The van der Waals surface area contributed by atoms with Gasteiger partial charge in [0, 0.05) is 51.4 Å². The third-order valence-electron chi connectivity index (χ3n) is 9.22. The number of nitro benzene ring substituents is 2. The van der Waals surface area contributed by atoms with Crippen molar-refractivity contribution in [2.24, 2.45) is 0 Å². The first-order chi connectivity index (χ1) is 31.4. The molecule has 66 heavy (non-hydrogen) atoms. The Kier molecular flexibility index (Phi) is 14.8. The average Bonchev–Trinajstić information content (AvgIpc) is 3.97. The standard InChI is InChI=1S/C26H18FN3O6S.C18H14IN3O6S/c1-36-26(31)20-6-13-25(19(16-20)5-2-18-3-7-21(27)8-4-18)37(34,35)17-22-14-15-29(28-22)23-9-11-24(12-10-23)30(32)33;1-28-18(23)12-2-7-17(16(19)10-12)29(26,27)11-13-8-9-21(20-13)14-3-5-15(6-4-14)22(24)25/h3-4,6-16H,17H2,1H3;2-10H,11H2,1H3. The molecule has 18 nitrogen and oxygen atoms in total. The molecule has 0 radical (unpaired) electrons. The van der Waals surface area contributed by atoms with E-state index in [1.165, 1.54) is 139 Å². The second-order valence-electron chi connectivity index (χ2n) is 13.7. The molecule has 0 unspecified atom stereocenters. The molecule has 7 aromatic rings. The van der Waals surface area contributed by atoms with Crippen LogP contribution in [0.15, 0.2) is 144 Å². The van der Waals surface area contributed by atoms with E-state index < -0.39 is 53.0 Å². The van der Waals surface area contributed by atoms with E-state index in [2.05, 4.69) is 26.8 Å². The van der Waals surface area contributed by atoms with E-state index in [0.29, 0.717) is 26.2 Å². The summed E-state index contributed by atoms with van der Waals surface area (Å²) < 4.78 is 78.1. The molecular weight excluding hydrogens is 1010 g/mol. The van der Waals surface area contributed by atoms with Gasteiger partial charge in [-0.05, 0) is 120 Å². The van der Waals surface area contributed by atoms with Gasteiger partial charge in [0.15, 0.2) is 19.7 Å². The fraction of sp³-hybridized carbons (Fsp3) is 0.0909. The minimum Gasteiger partial charge on any atom is -0.465 e. The molecule has 0 saturated heterocycles. The lowest BCUT2D eigenvalue weighted by Gasteiger charge is -2.08. The number of methoxy groups -OCH3 is 2. The molecular formula is C44H32FIN6O12S2. The summed E-state index contributed by atoms with van der Waals surface area (Å²) in [7, 11) is -5.22. The van der Waals surface area contributed by atoms with Gasteiger partial charge in [-0.1, -0.05) is 11.8 Å². The van der Waals surface area contributed by atoms with Crippen LogP contribution in [-0.2, 0) is 40.7 Å². The highest BCUT2D eigenvalue weighted by Gasteiger charge is 2.24. The van der Waals surface area contributed by atoms with E-state index in [0.717, 1.165) is 0 Å². The number of hydrogen-bond acceptors (Lipinski definition) is 14. The Hall–Kier alpha value is -7.62. The Morgan fingerprint density at radius 2 is 1.08 bits per heavy atom. The molecule has 0 aliphatic carbocycles. The summed E-state index contributed by atoms with van der Waals surface area (Å²) in [6.07, 6.45) is 3.12. The number of non-ortho nitro benzene ring substituents is 2. The minimum absolute atomic E-state index is 0.0475. The molecule has 0 amide bonds. The van der Waals surface area contributed by atoms with Crippen LogP contribution in [0.5, 0.6) is 0 Å². The summed E-state index contributed by atoms with van der Waals surface area (Å²) in [5, 5.41) is 30.1. The first-order valence-electron chi connectivity index (χ1n) is 18.8.